The smallest absolute Gasteiger partial charge is 0.292 e. The highest BCUT2D eigenvalue weighted by molar-refractivity contribution is 7.89. The molecular formula is C15H16ClFN4O4S. The molecule has 2 heterocycles. The third kappa shape index (κ3) is 3.68. The predicted octanol–water partition coefficient (Wildman–Crippen LogP) is 1.89. The van der Waals surface area contributed by atoms with Gasteiger partial charge in [0.25, 0.3) is 15.7 Å². The minimum Gasteiger partial charge on any atom is -0.313 e. The lowest BCUT2D eigenvalue weighted by Crippen LogP contribution is -2.48. The van der Waals surface area contributed by atoms with Crippen molar-refractivity contribution in [2.75, 3.05) is 19.6 Å². The summed E-state index contributed by atoms with van der Waals surface area (Å²) in [6.07, 6.45) is 3.08. The third-order valence-corrected chi connectivity index (χ3v) is 5.95. The zero-order chi connectivity index (χ0) is 18.0. The van der Waals surface area contributed by atoms with Crippen LogP contribution in [0.5, 0.6) is 0 Å². The van der Waals surface area contributed by atoms with Crippen molar-refractivity contribution in [3.8, 4) is 0 Å². The van der Waals surface area contributed by atoms with Gasteiger partial charge in [-0.1, -0.05) is 12.1 Å². The van der Waals surface area contributed by atoms with Crippen LogP contribution in [-0.4, -0.2) is 42.3 Å². The Morgan fingerprint density at radius 3 is 2.73 bits per heavy atom. The van der Waals surface area contributed by atoms with Crippen molar-refractivity contribution in [2.45, 2.75) is 10.9 Å². The summed E-state index contributed by atoms with van der Waals surface area (Å²) in [6, 6.07) is 5.75. The van der Waals surface area contributed by atoms with E-state index in [1.54, 1.807) is 18.3 Å². The number of nitro groups is 1. The van der Waals surface area contributed by atoms with Crippen LogP contribution in [0.15, 0.2) is 47.6 Å². The van der Waals surface area contributed by atoms with Gasteiger partial charge in [-0.05, 0) is 17.7 Å². The number of sulfonamides is 1. The van der Waals surface area contributed by atoms with Gasteiger partial charge < -0.3 is 5.32 Å². The van der Waals surface area contributed by atoms with Crippen molar-refractivity contribution >= 4 is 28.1 Å². The van der Waals surface area contributed by atoms with E-state index in [1.807, 2.05) is 0 Å². The van der Waals surface area contributed by atoms with Gasteiger partial charge in [-0.25, -0.2) is 12.8 Å². The van der Waals surface area contributed by atoms with Crippen LogP contribution in [0.25, 0.3) is 0 Å². The Hall–Kier alpha value is -2.14. The highest BCUT2D eigenvalue weighted by Crippen LogP contribution is 2.34. The SMILES string of the molecule is Cl.O=[N+]([O-])c1cccc(F)c1S(=O)(=O)N1CCNCC1c1cccnc1. The van der Waals surface area contributed by atoms with E-state index in [9.17, 15) is 22.9 Å². The molecule has 0 saturated carbocycles. The maximum absolute atomic E-state index is 14.3. The summed E-state index contributed by atoms with van der Waals surface area (Å²) < 4.78 is 41.4. The Morgan fingerprint density at radius 2 is 2.08 bits per heavy atom. The summed E-state index contributed by atoms with van der Waals surface area (Å²) in [6.45, 7) is 0.721. The molecule has 1 aromatic carbocycles. The lowest BCUT2D eigenvalue weighted by Gasteiger charge is -2.35. The standard InChI is InChI=1S/C15H15FN4O4S.ClH/c16-12-4-1-5-13(20(21)22)15(12)25(23,24)19-8-7-18-10-14(19)11-3-2-6-17-9-11;/h1-6,9,14,18H,7-8,10H2;1H. The van der Waals surface area contributed by atoms with Crippen LogP contribution in [0.4, 0.5) is 10.1 Å². The van der Waals surface area contributed by atoms with Crippen LogP contribution in [0, 0.1) is 15.9 Å². The Kier molecular flexibility index (Phi) is 6.24. The number of benzene rings is 1. The van der Waals surface area contributed by atoms with E-state index in [4.69, 9.17) is 0 Å². The molecule has 1 N–H and O–H groups in total. The van der Waals surface area contributed by atoms with E-state index >= 15 is 0 Å². The van der Waals surface area contributed by atoms with Crippen molar-refractivity contribution in [1.82, 2.24) is 14.6 Å². The van der Waals surface area contributed by atoms with E-state index < -0.39 is 37.4 Å². The minimum atomic E-state index is -4.42. The Labute approximate surface area is 155 Å². The molecule has 1 aromatic heterocycles. The third-order valence-electron chi connectivity index (χ3n) is 3.97. The van der Waals surface area contributed by atoms with E-state index in [1.165, 1.54) is 6.20 Å². The fourth-order valence-electron chi connectivity index (χ4n) is 2.84. The molecule has 1 unspecified atom stereocenters. The van der Waals surface area contributed by atoms with Crippen LogP contribution in [0.2, 0.25) is 0 Å². The van der Waals surface area contributed by atoms with Gasteiger partial charge >= 0.3 is 0 Å². The number of rotatable bonds is 4. The molecule has 11 heteroatoms. The normalized spacial score (nSPS) is 18.1. The maximum atomic E-state index is 14.3. The minimum absolute atomic E-state index is 0. The molecule has 8 nitrogen and oxygen atoms in total. The summed E-state index contributed by atoms with van der Waals surface area (Å²) in [5.41, 5.74) is -0.152. The van der Waals surface area contributed by atoms with Gasteiger partial charge in [0.1, 0.15) is 5.82 Å². The van der Waals surface area contributed by atoms with Crippen LogP contribution in [-0.2, 0) is 10.0 Å². The quantitative estimate of drug-likeness (QED) is 0.618. The van der Waals surface area contributed by atoms with Crippen molar-refractivity contribution in [2.24, 2.45) is 0 Å². The van der Waals surface area contributed by atoms with Crippen molar-refractivity contribution in [3.63, 3.8) is 0 Å². The number of hydrogen-bond acceptors (Lipinski definition) is 6. The maximum Gasteiger partial charge on any atom is 0.292 e. The molecule has 1 atom stereocenters. The number of nitrogens with zero attached hydrogens (tertiary/aromatic N) is 3. The number of nitro benzene ring substituents is 1. The molecule has 2 aromatic rings. The van der Waals surface area contributed by atoms with Crippen LogP contribution in [0.3, 0.4) is 0 Å². The lowest BCUT2D eigenvalue weighted by molar-refractivity contribution is -0.388. The number of halogens is 2. The fraction of sp³-hybridized carbons (Fsp3) is 0.267. The van der Waals surface area contributed by atoms with Gasteiger partial charge in [0, 0.05) is 38.1 Å². The number of hydrogen-bond donors (Lipinski definition) is 1. The van der Waals surface area contributed by atoms with Crippen LogP contribution >= 0.6 is 12.4 Å². The molecule has 26 heavy (non-hydrogen) atoms. The zero-order valence-electron chi connectivity index (χ0n) is 13.4. The number of piperazine rings is 1. The first-order valence-corrected chi connectivity index (χ1v) is 8.92. The van der Waals surface area contributed by atoms with Gasteiger partial charge in [-0.2, -0.15) is 4.31 Å². The van der Waals surface area contributed by atoms with E-state index in [0.29, 0.717) is 18.7 Å². The molecule has 1 saturated heterocycles. The molecule has 0 aliphatic carbocycles. The first-order chi connectivity index (χ1) is 11.9. The number of aromatic nitrogens is 1. The molecule has 1 fully saturated rings. The second kappa shape index (κ2) is 8.04. The lowest BCUT2D eigenvalue weighted by atomic mass is 10.1. The van der Waals surface area contributed by atoms with E-state index in [0.717, 1.165) is 22.5 Å². The van der Waals surface area contributed by atoms with Gasteiger partial charge in [-0.15, -0.1) is 12.4 Å². The van der Waals surface area contributed by atoms with Crippen LogP contribution in [0.1, 0.15) is 11.6 Å². The molecule has 0 spiro atoms. The molecule has 140 valence electrons. The molecule has 0 radical (unpaired) electrons. The van der Waals surface area contributed by atoms with Crippen molar-refractivity contribution in [3.05, 3.63) is 64.2 Å². The molecule has 1 aliphatic rings. The fourth-order valence-corrected chi connectivity index (χ4v) is 4.66. The largest absolute Gasteiger partial charge is 0.313 e. The van der Waals surface area contributed by atoms with Crippen molar-refractivity contribution < 1.29 is 17.7 Å². The summed E-state index contributed by atoms with van der Waals surface area (Å²) in [5.74, 6) is -1.14. The average molecular weight is 403 g/mol. The molecule has 3 rings (SSSR count). The number of nitrogens with one attached hydrogen (secondary N) is 1. The number of pyridine rings is 1. The van der Waals surface area contributed by atoms with Gasteiger partial charge in [0.15, 0.2) is 4.90 Å². The van der Waals surface area contributed by atoms with Gasteiger partial charge in [-0.3, -0.25) is 15.1 Å². The van der Waals surface area contributed by atoms with Gasteiger partial charge in [0.2, 0.25) is 0 Å². The van der Waals surface area contributed by atoms with E-state index in [-0.39, 0.29) is 19.0 Å². The second-order valence-corrected chi connectivity index (χ2v) is 7.29. The molecular weight excluding hydrogens is 387 g/mol. The summed E-state index contributed by atoms with van der Waals surface area (Å²) in [7, 11) is -4.42. The highest BCUT2D eigenvalue weighted by atomic mass is 35.5. The van der Waals surface area contributed by atoms with Crippen molar-refractivity contribution in [1.29, 1.82) is 0 Å². The first kappa shape index (κ1) is 20.2. The molecule has 0 bridgehead atoms. The summed E-state index contributed by atoms with van der Waals surface area (Å²) in [4.78, 5) is 13.4. The summed E-state index contributed by atoms with van der Waals surface area (Å²) in [5, 5.41) is 14.3. The Balaban J connectivity index is 0.00000243. The highest BCUT2D eigenvalue weighted by Gasteiger charge is 2.40. The topological polar surface area (TPSA) is 105 Å². The monoisotopic (exact) mass is 402 g/mol. The predicted molar refractivity (Wildman–Crippen MR) is 94.0 cm³/mol. The zero-order valence-corrected chi connectivity index (χ0v) is 15.0. The van der Waals surface area contributed by atoms with Gasteiger partial charge in [0.05, 0.1) is 11.0 Å². The first-order valence-electron chi connectivity index (χ1n) is 7.48. The Bertz CT molecular complexity index is 898. The van der Waals surface area contributed by atoms with E-state index in [2.05, 4.69) is 10.3 Å². The second-order valence-electron chi connectivity index (χ2n) is 5.47. The van der Waals surface area contributed by atoms with Crippen LogP contribution < -0.4 is 5.32 Å². The average Bonchev–Trinajstić information content (AvgIpc) is 2.62. The molecule has 0 amide bonds. The summed E-state index contributed by atoms with van der Waals surface area (Å²) >= 11 is 0. The Morgan fingerprint density at radius 1 is 1.31 bits per heavy atom. The molecule has 1 aliphatic heterocycles.